The minimum Gasteiger partial charge on any atom is -0.300 e. The highest BCUT2D eigenvalue weighted by molar-refractivity contribution is 8.01. The van der Waals surface area contributed by atoms with Gasteiger partial charge in [0, 0.05) is 5.69 Å². The van der Waals surface area contributed by atoms with Crippen molar-refractivity contribution in [2.45, 2.75) is 11.6 Å². The largest absolute Gasteiger partial charge is 0.416 e. The smallest absolute Gasteiger partial charge is 0.300 e. The van der Waals surface area contributed by atoms with E-state index in [0.29, 0.717) is 5.88 Å². The van der Waals surface area contributed by atoms with Gasteiger partial charge in [0.1, 0.15) is 5.37 Å². The fraction of sp³-hybridized carbons (Fsp3) is 0.308. The number of hydrogen-bond acceptors (Lipinski definition) is 3. The molecular formula is C13H11F3N2OS. The summed E-state index contributed by atoms with van der Waals surface area (Å²) < 4.78 is 38.0. The number of benzene rings is 1. The van der Waals surface area contributed by atoms with Crippen LogP contribution in [0.2, 0.25) is 0 Å². The monoisotopic (exact) mass is 300 g/mol. The highest BCUT2D eigenvalue weighted by Gasteiger charge is 2.35. The van der Waals surface area contributed by atoms with Crippen molar-refractivity contribution < 1.29 is 18.0 Å². The number of amides is 1. The van der Waals surface area contributed by atoms with Crippen molar-refractivity contribution in [2.24, 2.45) is 0 Å². The van der Waals surface area contributed by atoms with E-state index in [1.54, 1.807) is 0 Å². The summed E-state index contributed by atoms with van der Waals surface area (Å²) in [6, 6.07) is 4.73. The van der Waals surface area contributed by atoms with Crippen molar-refractivity contribution >= 4 is 23.4 Å². The van der Waals surface area contributed by atoms with Crippen molar-refractivity contribution in [1.82, 2.24) is 5.32 Å². The third kappa shape index (κ3) is 3.08. The van der Waals surface area contributed by atoms with Gasteiger partial charge in [0.2, 0.25) is 0 Å². The Kier molecular flexibility index (Phi) is 4.26. The number of hydrogen-bond donors (Lipinski definition) is 1. The molecule has 1 aromatic rings. The molecular weight excluding hydrogens is 289 g/mol. The number of nitrogens with one attached hydrogen (secondary N) is 1. The molecule has 1 heterocycles. The Balaban J connectivity index is 2.17. The van der Waals surface area contributed by atoms with Crippen molar-refractivity contribution in [3.63, 3.8) is 0 Å². The molecule has 1 unspecified atom stereocenters. The summed E-state index contributed by atoms with van der Waals surface area (Å²) in [4.78, 5) is 13.4. The van der Waals surface area contributed by atoms with Crippen molar-refractivity contribution in [1.29, 1.82) is 0 Å². The van der Waals surface area contributed by atoms with E-state index in [1.807, 2.05) is 0 Å². The van der Waals surface area contributed by atoms with E-state index in [9.17, 15) is 18.0 Å². The van der Waals surface area contributed by atoms with E-state index >= 15 is 0 Å². The van der Waals surface area contributed by atoms with Crippen LogP contribution in [-0.2, 0) is 11.0 Å². The highest BCUT2D eigenvalue weighted by Crippen LogP contribution is 2.34. The Morgan fingerprint density at radius 2 is 2.25 bits per heavy atom. The molecule has 0 radical (unpaired) electrons. The van der Waals surface area contributed by atoms with Gasteiger partial charge in [0.05, 0.1) is 18.0 Å². The van der Waals surface area contributed by atoms with Gasteiger partial charge < -0.3 is 4.90 Å². The summed E-state index contributed by atoms with van der Waals surface area (Å²) in [6.07, 6.45) is 0.670. The molecule has 0 bridgehead atoms. The minimum absolute atomic E-state index is 0.236. The Morgan fingerprint density at radius 3 is 2.90 bits per heavy atom. The summed E-state index contributed by atoms with van der Waals surface area (Å²) in [5.74, 6) is 2.36. The third-order valence-corrected chi connectivity index (χ3v) is 3.84. The van der Waals surface area contributed by atoms with Crippen LogP contribution in [-0.4, -0.2) is 23.7 Å². The Labute approximate surface area is 118 Å². The molecule has 1 aliphatic heterocycles. The summed E-state index contributed by atoms with van der Waals surface area (Å²) in [6.45, 7) is 0.236. The lowest BCUT2D eigenvalue weighted by atomic mass is 10.2. The summed E-state index contributed by atoms with van der Waals surface area (Å²) >= 11 is 1.30. The quantitative estimate of drug-likeness (QED) is 0.869. The predicted molar refractivity (Wildman–Crippen MR) is 72.0 cm³/mol. The molecule has 7 heteroatoms. The molecule has 0 spiro atoms. The number of carbonyl (C=O) groups is 1. The first kappa shape index (κ1) is 14.8. The summed E-state index contributed by atoms with van der Waals surface area (Å²) in [7, 11) is 0. The zero-order valence-corrected chi connectivity index (χ0v) is 11.1. The molecule has 20 heavy (non-hydrogen) atoms. The normalized spacial score (nSPS) is 19.2. The lowest BCUT2D eigenvalue weighted by molar-refractivity contribution is -0.137. The van der Waals surface area contributed by atoms with Crippen LogP contribution in [0.1, 0.15) is 5.56 Å². The molecule has 1 aliphatic rings. The molecule has 2 rings (SSSR count). The number of carbonyl (C=O) groups excluding carboxylic acids is 1. The average molecular weight is 300 g/mol. The molecule has 106 valence electrons. The Morgan fingerprint density at radius 1 is 1.50 bits per heavy atom. The van der Waals surface area contributed by atoms with E-state index in [-0.39, 0.29) is 18.1 Å². The van der Waals surface area contributed by atoms with Crippen molar-refractivity contribution in [2.75, 3.05) is 17.3 Å². The topological polar surface area (TPSA) is 32.3 Å². The van der Waals surface area contributed by atoms with Crippen molar-refractivity contribution in [3.8, 4) is 12.3 Å². The van der Waals surface area contributed by atoms with Crippen LogP contribution in [0.3, 0.4) is 0 Å². The first-order valence-corrected chi connectivity index (χ1v) is 6.75. The lowest BCUT2D eigenvalue weighted by Gasteiger charge is -2.17. The number of thioether (sulfide) groups is 1. The number of terminal acetylenes is 1. The van der Waals surface area contributed by atoms with Gasteiger partial charge in [0.25, 0.3) is 5.91 Å². The highest BCUT2D eigenvalue weighted by atomic mass is 32.2. The van der Waals surface area contributed by atoms with E-state index in [0.717, 1.165) is 12.1 Å². The number of nitrogens with zero attached hydrogens (tertiary/aromatic N) is 1. The standard InChI is InChI=1S/C13H11F3N2OS/c1-2-6-17-11-12(19)18(8-20-11)10-5-3-4-9(7-10)13(14,15)16/h1,3-5,7,11,17H,6,8H2. The second-order valence-corrected chi connectivity index (χ2v) is 5.14. The SMILES string of the molecule is C#CCNC1SCN(c2cccc(C(F)(F)F)c2)C1=O. The predicted octanol–water partition coefficient (Wildman–Crippen LogP) is 2.29. The number of halogens is 3. The maximum atomic E-state index is 12.7. The van der Waals surface area contributed by atoms with E-state index in [1.165, 1.54) is 28.8 Å². The van der Waals surface area contributed by atoms with Gasteiger partial charge in [-0.1, -0.05) is 12.0 Å². The van der Waals surface area contributed by atoms with E-state index in [4.69, 9.17) is 6.42 Å². The second kappa shape index (κ2) is 5.77. The minimum atomic E-state index is -4.42. The Hall–Kier alpha value is -1.65. The van der Waals surface area contributed by atoms with Crippen LogP contribution in [0.5, 0.6) is 0 Å². The van der Waals surface area contributed by atoms with Gasteiger partial charge in [-0.15, -0.1) is 18.2 Å². The molecule has 1 saturated heterocycles. The second-order valence-electron chi connectivity index (χ2n) is 4.08. The maximum Gasteiger partial charge on any atom is 0.416 e. The fourth-order valence-corrected chi connectivity index (χ4v) is 2.82. The molecule has 0 aliphatic carbocycles. The molecule has 0 aromatic heterocycles. The van der Waals surface area contributed by atoms with Crippen LogP contribution in [0, 0.1) is 12.3 Å². The molecule has 1 fully saturated rings. The van der Waals surface area contributed by atoms with Gasteiger partial charge in [-0.2, -0.15) is 13.2 Å². The molecule has 1 N–H and O–H groups in total. The third-order valence-electron chi connectivity index (χ3n) is 2.74. The number of rotatable bonds is 3. The van der Waals surface area contributed by atoms with Crippen LogP contribution in [0.25, 0.3) is 0 Å². The first-order chi connectivity index (χ1) is 9.43. The van der Waals surface area contributed by atoms with Crippen LogP contribution < -0.4 is 10.2 Å². The molecule has 0 saturated carbocycles. The van der Waals surface area contributed by atoms with Crippen LogP contribution in [0.4, 0.5) is 18.9 Å². The van der Waals surface area contributed by atoms with E-state index < -0.39 is 17.1 Å². The van der Waals surface area contributed by atoms with Gasteiger partial charge >= 0.3 is 6.18 Å². The molecule has 3 nitrogen and oxygen atoms in total. The average Bonchev–Trinajstić information content (AvgIpc) is 2.77. The van der Waals surface area contributed by atoms with Gasteiger partial charge in [-0.05, 0) is 18.2 Å². The van der Waals surface area contributed by atoms with Gasteiger partial charge in [0.15, 0.2) is 0 Å². The lowest BCUT2D eigenvalue weighted by Crippen LogP contribution is -2.37. The van der Waals surface area contributed by atoms with Gasteiger partial charge in [-0.3, -0.25) is 10.1 Å². The molecule has 1 amide bonds. The van der Waals surface area contributed by atoms with Crippen LogP contribution in [0.15, 0.2) is 24.3 Å². The number of anilines is 1. The zero-order chi connectivity index (χ0) is 14.8. The zero-order valence-electron chi connectivity index (χ0n) is 10.3. The maximum absolute atomic E-state index is 12.7. The Bertz CT molecular complexity index is 553. The number of alkyl halides is 3. The molecule has 1 atom stereocenters. The summed E-state index contributed by atoms with van der Waals surface area (Å²) in [5, 5.41) is 2.33. The fourth-order valence-electron chi connectivity index (χ4n) is 1.78. The van der Waals surface area contributed by atoms with Crippen LogP contribution >= 0.6 is 11.8 Å². The first-order valence-electron chi connectivity index (χ1n) is 5.70. The van der Waals surface area contributed by atoms with Gasteiger partial charge in [-0.25, -0.2) is 0 Å². The van der Waals surface area contributed by atoms with E-state index in [2.05, 4.69) is 11.2 Å². The summed E-state index contributed by atoms with van der Waals surface area (Å²) in [5.41, 5.74) is -0.532. The van der Waals surface area contributed by atoms with Crippen molar-refractivity contribution in [3.05, 3.63) is 29.8 Å². The molecule has 1 aromatic carbocycles.